The first-order valence-electron chi connectivity index (χ1n) is 10.9. The number of amides is 1. The minimum atomic E-state index is -1.77. The maximum atomic E-state index is 13.9. The van der Waals surface area contributed by atoms with E-state index in [0.717, 1.165) is 29.7 Å². The van der Waals surface area contributed by atoms with E-state index in [1.807, 2.05) is 12.1 Å². The van der Waals surface area contributed by atoms with E-state index in [2.05, 4.69) is 16.5 Å². The fourth-order valence-corrected chi connectivity index (χ4v) is 3.99. The fourth-order valence-electron chi connectivity index (χ4n) is 3.99. The number of nitrogens with zero attached hydrogens (tertiary/aromatic N) is 2. The number of benzene rings is 2. The van der Waals surface area contributed by atoms with Gasteiger partial charge in [0.2, 0.25) is 0 Å². The summed E-state index contributed by atoms with van der Waals surface area (Å²) in [6.07, 6.45) is 5.81. The first-order chi connectivity index (χ1) is 16.9. The van der Waals surface area contributed by atoms with Gasteiger partial charge in [-0.15, -0.1) is 0 Å². The first kappa shape index (κ1) is 22.7. The Morgan fingerprint density at radius 3 is 2.71 bits per heavy atom. The van der Waals surface area contributed by atoms with Gasteiger partial charge in [-0.2, -0.15) is 5.10 Å². The van der Waals surface area contributed by atoms with Crippen LogP contribution in [-0.2, 0) is 26.0 Å². The number of aryl methyl sites for hydroxylation is 2. The van der Waals surface area contributed by atoms with Crippen molar-refractivity contribution in [3.63, 3.8) is 0 Å². The van der Waals surface area contributed by atoms with Gasteiger partial charge in [0, 0.05) is 17.8 Å². The molecule has 1 N–H and O–H groups in total. The van der Waals surface area contributed by atoms with Crippen LogP contribution in [0.15, 0.2) is 53.2 Å². The van der Waals surface area contributed by atoms with Gasteiger partial charge in [0.25, 0.3) is 5.91 Å². The Bertz CT molecular complexity index is 1410. The number of furan rings is 1. The van der Waals surface area contributed by atoms with Gasteiger partial charge in [0.05, 0.1) is 18.4 Å². The van der Waals surface area contributed by atoms with E-state index < -0.39 is 41.3 Å². The zero-order valence-electron chi connectivity index (χ0n) is 18.3. The molecule has 5 rings (SSSR count). The number of hydrogen-bond donors (Lipinski definition) is 1. The van der Waals surface area contributed by atoms with Crippen molar-refractivity contribution in [3.05, 3.63) is 100 Å². The lowest BCUT2D eigenvalue weighted by molar-refractivity contribution is 0.0992. The van der Waals surface area contributed by atoms with Gasteiger partial charge in [-0.25, -0.2) is 17.6 Å². The summed E-state index contributed by atoms with van der Waals surface area (Å²) in [5, 5.41) is 6.44. The summed E-state index contributed by atoms with van der Waals surface area (Å²) >= 11 is 0. The molecule has 0 unspecified atom stereocenters. The number of fused-ring (bicyclic) bond motifs is 1. The highest BCUT2D eigenvalue weighted by atomic mass is 19.2. The largest absolute Gasteiger partial charge is 0.486 e. The molecule has 2 aromatic carbocycles. The highest BCUT2D eigenvalue weighted by molar-refractivity contribution is 6.02. The molecule has 0 saturated heterocycles. The van der Waals surface area contributed by atoms with Crippen molar-refractivity contribution in [2.75, 3.05) is 5.32 Å². The second kappa shape index (κ2) is 9.28. The molecule has 6 nitrogen and oxygen atoms in total. The van der Waals surface area contributed by atoms with Crippen molar-refractivity contribution in [2.24, 2.45) is 0 Å². The number of rotatable bonds is 7. The van der Waals surface area contributed by atoms with Gasteiger partial charge < -0.3 is 14.5 Å². The predicted molar refractivity (Wildman–Crippen MR) is 117 cm³/mol. The quantitative estimate of drug-likeness (QED) is 0.216. The molecule has 0 spiro atoms. The van der Waals surface area contributed by atoms with Gasteiger partial charge in [0.15, 0.2) is 23.2 Å². The van der Waals surface area contributed by atoms with Crippen molar-refractivity contribution >= 4 is 11.6 Å². The maximum absolute atomic E-state index is 13.9. The summed E-state index contributed by atoms with van der Waals surface area (Å²) in [4.78, 5) is 12.5. The lowest BCUT2D eigenvalue weighted by Crippen LogP contribution is -2.11. The molecule has 35 heavy (non-hydrogen) atoms. The van der Waals surface area contributed by atoms with E-state index in [1.165, 1.54) is 29.6 Å². The van der Waals surface area contributed by atoms with Crippen LogP contribution in [0.2, 0.25) is 0 Å². The van der Waals surface area contributed by atoms with Crippen molar-refractivity contribution in [3.8, 4) is 5.75 Å². The Morgan fingerprint density at radius 2 is 1.86 bits per heavy atom. The minimum Gasteiger partial charge on any atom is -0.486 e. The van der Waals surface area contributed by atoms with Gasteiger partial charge in [-0.05, 0) is 54.7 Å². The summed E-state index contributed by atoms with van der Waals surface area (Å²) in [7, 11) is 0. The Balaban J connectivity index is 1.19. The lowest BCUT2D eigenvalue weighted by Gasteiger charge is -2.07. The summed E-state index contributed by atoms with van der Waals surface area (Å²) in [6, 6.07) is 9.38. The number of ether oxygens (including phenoxy) is 1. The molecule has 4 aromatic rings. The lowest BCUT2D eigenvalue weighted by atomic mass is 10.1. The summed E-state index contributed by atoms with van der Waals surface area (Å²) in [5.41, 5.74) is 2.16. The predicted octanol–water partition coefficient (Wildman–Crippen LogP) is 5.40. The van der Waals surface area contributed by atoms with Crippen LogP contribution in [0.3, 0.4) is 0 Å². The molecule has 2 heterocycles. The molecule has 10 heteroatoms. The van der Waals surface area contributed by atoms with E-state index in [9.17, 15) is 22.4 Å². The zero-order chi connectivity index (χ0) is 24.5. The number of carbonyl (C=O) groups excluding carboxylic acids is 1. The van der Waals surface area contributed by atoms with Gasteiger partial charge in [-0.1, -0.05) is 6.07 Å². The molecule has 1 aliphatic carbocycles. The summed E-state index contributed by atoms with van der Waals surface area (Å²) < 4.78 is 66.7. The van der Waals surface area contributed by atoms with E-state index in [1.54, 1.807) is 6.07 Å². The fraction of sp³-hybridized carbons (Fsp3) is 0.200. The average molecular weight is 485 g/mol. The van der Waals surface area contributed by atoms with Crippen LogP contribution in [0.25, 0.3) is 0 Å². The van der Waals surface area contributed by atoms with E-state index >= 15 is 0 Å². The van der Waals surface area contributed by atoms with Crippen molar-refractivity contribution in [1.29, 1.82) is 0 Å². The smallest absolute Gasteiger partial charge is 0.291 e. The molecule has 180 valence electrons. The third-order valence-electron chi connectivity index (χ3n) is 5.76. The van der Waals surface area contributed by atoms with Crippen molar-refractivity contribution < 1.29 is 31.5 Å². The third kappa shape index (κ3) is 4.77. The number of aromatic nitrogens is 2. The van der Waals surface area contributed by atoms with Crippen LogP contribution < -0.4 is 10.1 Å². The van der Waals surface area contributed by atoms with Crippen LogP contribution in [0, 0.1) is 23.3 Å². The van der Waals surface area contributed by atoms with Gasteiger partial charge >= 0.3 is 0 Å². The van der Waals surface area contributed by atoms with Crippen LogP contribution in [0.5, 0.6) is 5.75 Å². The van der Waals surface area contributed by atoms with Crippen molar-refractivity contribution in [2.45, 2.75) is 32.4 Å². The molecular formula is C25H19F4N3O3. The molecule has 0 saturated carbocycles. The normalized spacial score (nSPS) is 12.6. The highest BCUT2D eigenvalue weighted by Gasteiger charge is 2.20. The minimum absolute atomic E-state index is 0.0306. The molecule has 1 aliphatic rings. The summed E-state index contributed by atoms with van der Waals surface area (Å²) in [5.74, 6) is -5.61. The first-order valence-corrected chi connectivity index (χ1v) is 10.9. The number of anilines is 1. The van der Waals surface area contributed by atoms with E-state index in [4.69, 9.17) is 9.15 Å². The third-order valence-corrected chi connectivity index (χ3v) is 5.76. The molecule has 0 atom stereocenters. The zero-order valence-corrected chi connectivity index (χ0v) is 18.3. The number of halogens is 4. The Hall–Kier alpha value is -4.08. The Labute approximate surface area is 197 Å². The van der Waals surface area contributed by atoms with E-state index in [-0.39, 0.29) is 24.1 Å². The molecule has 0 aliphatic heterocycles. The SMILES string of the molecule is O=C(Nc1cnn(Cc2c(F)cc(F)c(F)c2F)c1)c1ccc(COc2ccc3c(c2)CCC3)o1. The van der Waals surface area contributed by atoms with E-state index in [0.29, 0.717) is 5.76 Å². The number of carbonyl (C=O) groups is 1. The monoisotopic (exact) mass is 485 g/mol. The maximum Gasteiger partial charge on any atom is 0.291 e. The average Bonchev–Trinajstić information content (AvgIpc) is 3.60. The summed E-state index contributed by atoms with van der Waals surface area (Å²) in [6.45, 7) is -0.356. The van der Waals surface area contributed by atoms with Gasteiger partial charge in [0.1, 0.15) is 23.9 Å². The second-order valence-electron chi connectivity index (χ2n) is 8.17. The van der Waals surface area contributed by atoms with Crippen molar-refractivity contribution in [1.82, 2.24) is 9.78 Å². The number of hydrogen-bond acceptors (Lipinski definition) is 4. The Morgan fingerprint density at radius 1 is 1.03 bits per heavy atom. The molecule has 2 aromatic heterocycles. The standard InChI is InChI=1S/C25H19F4N3O3/c26-20-9-21(27)24(29)23(28)19(20)12-32-11-16(10-30-32)31-25(33)22-7-6-18(35-22)13-34-17-5-4-14-2-1-3-15(14)8-17/h4-11H,1-3,12-13H2,(H,31,33). The second-order valence-corrected chi connectivity index (χ2v) is 8.17. The van der Waals surface area contributed by atoms with Gasteiger partial charge in [-0.3, -0.25) is 9.48 Å². The molecule has 0 fully saturated rings. The van der Waals surface area contributed by atoms with Crippen LogP contribution in [0.4, 0.5) is 23.2 Å². The molecule has 1 amide bonds. The molecule has 0 bridgehead atoms. The molecule has 0 radical (unpaired) electrons. The Kier molecular flexibility index (Phi) is 6.02. The topological polar surface area (TPSA) is 69.3 Å². The van der Waals surface area contributed by atoms with Crippen LogP contribution in [-0.4, -0.2) is 15.7 Å². The molecular weight excluding hydrogens is 466 g/mol. The highest BCUT2D eigenvalue weighted by Crippen LogP contribution is 2.27. The van der Waals surface area contributed by atoms with Crippen LogP contribution in [0.1, 0.15) is 39.4 Å². The van der Waals surface area contributed by atoms with Crippen LogP contribution >= 0.6 is 0 Å². The number of nitrogens with one attached hydrogen (secondary N) is 1.